The maximum atomic E-state index is 2.50. The molecule has 1 aromatic carbocycles. The van der Waals surface area contributed by atoms with E-state index in [2.05, 4.69) is 72.8 Å². The Morgan fingerprint density at radius 3 is 2.25 bits per heavy atom. The molecule has 0 bridgehead atoms. The Labute approximate surface area is 113 Å². The molecule has 0 saturated heterocycles. The molecule has 1 rings (SSSR count). The molecule has 1 aromatic rings. The largest absolute Gasteiger partial charge is 0.378 e. The van der Waals surface area contributed by atoms with Gasteiger partial charge in [0.2, 0.25) is 0 Å². The van der Waals surface area contributed by atoms with E-state index in [0.29, 0.717) is 0 Å². The van der Waals surface area contributed by atoms with Gasteiger partial charge in [-0.1, -0.05) is 54.5 Å². The molecule has 0 fully saturated rings. The summed E-state index contributed by atoms with van der Waals surface area (Å²) in [5.74, 6) is 0.733. The van der Waals surface area contributed by atoms with E-state index in [9.17, 15) is 0 Å². The molecule has 0 spiro atoms. The first-order valence-electron chi connectivity index (χ1n) is 6.02. The fourth-order valence-electron chi connectivity index (χ4n) is 1.83. The summed E-state index contributed by atoms with van der Waals surface area (Å²) in [5.41, 5.74) is 2.78. The third-order valence-electron chi connectivity index (χ3n) is 2.97. The standard InChI is InChI=1S/C14H22IN/c1-4-5-6-13(11-15)12-7-9-14(10-8-12)16(2)3/h7-10,13H,4-6,11H2,1-3H3. The van der Waals surface area contributed by atoms with Crippen LogP contribution >= 0.6 is 22.6 Å². The fourth-order valence-corrected chi connectivity index (χ4v) is 2.78. The average molecular weight is 331 g/mol. The molecule has 0 aliphatic carbocycles. The Kier molecular flexibility index (Phi) is 6.17. The molecule has 0 saturated carbocycles. The van der Waals surface area contributed by atoms with Gasteiger partial charge in [0.05, 0.1) is 0 Å². The first kappa shape index (κ1) is 13.8. The number of rotatable bonds is 6. The van der Waals surface area contributed by atoms with Crippen LogP contribution in [0.1, 0.15) is 37.7 Å². The summed E-state index contributed by atoms with van der Waals surface area (Å²) in [7, 11) is 4.17. The molecule has 0 heterocycles. The van der Waals surface area contributed by atoms with Crippen molar-refractivity contribution < 1.29 is 0 Å². The Bertz CT molecular complexity index is 292. The molecule has 0 aliphatic rings. The minimum atomic E-state index is 0.733. The second kappa shape index (κ2) is 7.15. The molecule has 2 heteroatoms. The summed E-state index contributed by atoms with van der Waals surface area (Å²) < 4.78 is 1.22. The van der Waals surface area contributed by atoms with Crippen LogP contribution in [-0.2, 0) is 0 Å². The number of anilines is 1. The Hall–Kier alpha value is -0.250. The molecule has 16 heavy (non-hydrogen) atoms. The van der Waals surface area contributed by atoms with E-state index in [1.807, 2.05) is 0 Å². The van der Waals surface area contributed by atoms with Crippen LogP contribution in [0.25, 0.3) is 0 Å². The number of benzene rings is 1. The van der Waals surface area contributed by atoms with Gasteiger partial charge in [0.25, 0.3) is 0 Å². The maximum absolute atomic E-state index is 2.50. The second-order valence-electron chi connectivity index (χ2n) is 4.48. The minimum absolute atomic E-state index is 0.733. The predicted octanol–water partition coefficient (Wildman–Crippen LogP) is 4.46. The average Bonchev–Trinajstić information content (AvgIpc) is 2.30. The fraction of sp³-hybridized carbons (Fsp3) is 0.571. The molecular weight excluding hydrogens is 309 g/mol. The number of hydrogen-bond acceptors (Lipinski definition) is 1. The van der Waals surface area contributed by atoms with E-state index in [1.54, 1.807) is 0 Å². The summed E-state index contributed by atoms with van der Waals surface area (Å²) in [6.45, 7) is 2.26. The predicted molar refractivity (Wildman–Crippen MR) is 81.9 cm³/mol. The van der Waals surface area contributed by atoms with Crippen molar-refractivity contribution in [2.75, 3.05) is 23.4 Å². The lowest BCUT2D eigenvalue weighted by Gasteiger charge is -2.17. The molecule has 0 amide bonds. The lowest BCUT2D eigenvalue weighted by Crippen LogP contribution is -2.08. The molecule has 1 atom stereocenters. The number of alkyl halides is 1. The molecule has 0 radical (unpaired) electrons. The number of unbranched alkanes of at least 4 members (excludes halogenated alkanes) is 1. The zero-order valence-electron chi connectivity index (χ0n) is 10.5. The van der Waals surface area contributed by atoms with Gasteiger partial charge in [-0.2, -0.15) is 0 Å². The van der Waals surface area contributed by atoms with Gasteiger partial charge in [-0.05, 0) is 30.0 Å². The van der Waals surface area contributed by atoms with Gasteiger partial charge in [0.1, 0.15) is 0 Å². The van der Waals surface area contributed by atoms with E-state index in [0.717, 1.165) is 5.92 Å². The molecule has 1 unspecified atom stereocenters. The minimum Gasteiger partial charge on any atom is -0.378 e. The zero-order chi connectivity index (χ0) is 12.0. The van der Waals surface area contributed by atoms with Crippen molar-refractivity contribution in [2.24, 2.45) is 0 Å². The Morgan fingerprint density at radius 2 is 1.81 bits per heavy atom. The van der Waals surface area contributed by atoms with Crippen LogP contribution in [0.2, 0.25) is 0 Å². The molecule has 0 aromatic heterocycles. The third-order valence-corrected chi connectivity index (χ3v) is 4.04. The quantitative estimate of drug-likeness (QED) is 0.549. The first-order chi connectivity index (χ1) is 7.69. The summed E-state index contributed by atoms with van der Waals surface area (Å²) in [4.78, 5) is 2.15. The van der Waals surface area contributed by atoms with Crippen LogP contribution in [0.5, 0.6) is 0 Å². The highest BCUT2D eigenvalue weighted by atomic mass is 127. The van der Waals surface area contributed by atoms with Crippen LogP contribution in [-0.4, -0.2) is 18.5 Å². The van der Waals surface area contributed by atoms with Gasteiger partial charge in [-0.15, -0.1) is 0 Å². The topological polar surface area (TPSA) is 3.24 Å². The van der Waals surface area contributed by atoms with Crippen LogP contribution in [0.3, 0.4) is 0 Å². The molecule has 0 aliphatic heterocycles. The third kappa shape index (κ3) is 3.96. The maximum Gasteiger partial charge on any atom is 0.0361 e. The van der Waals surface area contributed by atoms with Crippen LogP contribution < -0.4 is 4.90 Å². The van der Waals surface area contributed by atoms with E-state index in [-0.39, 0.29) is 0 Å². The van der Waals surface area contributed by atoms with Gasteiger partial charge >= 0.3 is 0 Å². The smallest absolute Gasteiger partial charge is 0.0361 e. The molecule has 1 nitrogen and oxygen atoms in total. The van der Waals surface area contributed by atoms with Gasteiger partial charge in [0, 0.05) is 24.2 Å². The van der Waals surface area contributed by atoms with E-state index in [4.69, 9.17) is 0 Å². The lowest BCUT2D eigenvalue weighted by molar-refractivity contribution is 0.636. The molecule has 90 valence electrons. The van der Waals surface area contributed by atoms with Crippen molar-refractivity contribution in [3.05, 3.63) is 29.8 Å². The lowest BCUT2D eigenvalue weighted by atomic mass is 9.95. The van der Waals surface area contributed by atoms with Crippen molar-refractivity contribution in [3.8, 4) is 0 Å². The van der Waals surface area contributed by atoms with Gasteiger partial charge in [-0.3, -0.25) is 0 Å². The van der Waals surface area contributed by atoms with E-state index >= 15 is 0 Å². The normalized spacial score (nSPS) is 12.5. The Morgan fingerprint density at radius 1 is 1.19 bits per heavy atom. The van der Waals surface area contributed by atoms with Crippen molar-refractivity contribution >= 4 is 28.3 Å². The second-order valence-corrected chi connectivity index (χ2v) is 5.36. The summed E-state index contributed by atoms with van der Waals surface area (Å²) in [6.07, 6.45) is 3.95. The van der Waals surface area contributed by atoms with Crippen LogP contribution in [0, 0.1) is 0 Å². The van der Waals surface area contributed by atoms with E-state index < -0.39 is 0 Å². The van der Waals surface area contributed by atoms with Crippen molar-refractivity contribution in [3.63, 3.8) is 0 Å². The van der Waals surface area contributed by atoms with Crippen molar-refractivity contribution in [1.29, 1.82) is 0 Å². The summed E-state index contributed by atoms with van der Waals surface area (Å²) >= 11 is 2.50. The summed E-state index contributed by atoms with van der Waals surface area (Å²) in [6, 6.07) is 9.02. The molecule has 0 N–H and O–H groups in total. The zero-order valence-corrected chi connectivity index (χ0v) is 12.7. The van der Waals surface area contributed by atoms with Gasteiger partial charge in [0.15, 0.2) is 0 Å². The number of hydrogen-bond donors (Lipinski definition) is 0. The monoisotopic (exact) mass is 331 g/mol. The van der Waals surface area contributed by atoms with Crippen LogP contribution in [0.4, 0.5) is 5.69 Å². The van der Waals surface area contributed by atoms with Crippen molar-refractivity contribution in [1.82, 2.24) is 0 Å². The summed E-state index contributed by atoms with van der Waals surface area (Å²) in [5, 5.41) is 0. The van der Waals surface area contributed by atoms with Crippen molar-refractivity contribution in [2.45, 2.75) is 32.1 Å². The SMILES string of the molecule is CCCCC(CI)c1ccc(N(C)C)cc1. The number of nitrogens with zero attached hydrogens (tertiary/aromatic N) is 1. The van der Waals surface area contributed by atoms with Crippen LogP contribution in [0.15, 0.2) is 24.3 Å². The highest BCUT2D eigenvalue weighted by molar-refractivity contribution is 14.1. The molecular formula is C14H22IN. The number of halogens is 1. The highest BCUT2D eigenvalue weighted by Gasteiger charge is 2.09. The van der Waals surface area contributed by atoms with Gasteiger partial charge < -0.3 is 4.90 Å². The highest BCUT2D eigenvalue weighted by Crippen LogP contribution is 2.26. The Balaban J connectivity index is 2.70. The van der Waals surface area contributed by atoms with Gasteiger partial charge in [-0.25, -0.2) is 0 Å². The van der Waals surface area contributed by atoms with E-state index in [1.165, 1.54) is 34.9 Å². The first-order valence-corrected chi connectivity index (χ1v) is 7.54.